The Bertz CT molecular complexity index is 1060. The van der Waals surface area contributed by atoms with E-state index in [4.69, 9.17) is 9.47 Å². The molecule has 0 bridgehead atoms. The number of halogens is 1. The van der Waals surface area contributed by atoms with Crippen LogP contribution in [0.4, 0.5) is 4.39 Å². The van der Waals surface area contributed by atoms with Gasteiger partial charge in [0.25, 0.3) is 5.91 Å². The Balaban J connectivity index is 1.67. The summed E-state index contributed by atoms with van der Waals surface area (Å²) in [4.78, 5) is 28.8. The van der Waals surface area contributed by atoms with Gasteiger partial charge in [-0.1, -0.05) is 24.3 Å². The highest BCUT2D eigenvalue weighted by molar-refractivity contribution is 5.96. The van der Waals surface area contributed by atoms with Gasteiger partial charge in [0.05, 0.1) is 12.5 Å². The van der Waals surface area contributed by atoms with Gasteiger partial charge in [-0.2, -0.15) is 0 Å². The Labute approximate surface area is 180 Å². The molecule has 2 aromatic carbocycles. The van der Waals surface area contributed by atoms with Crippen LogP contribution >= 0.6 is 0 Å². The van der Waals surface area contributed by atoms with Gasteiger partial charge in [-0.05, 0) is 61.4 Å². The molecule has 0 saturated carbocycles. The van der Waals surface area contributed by atoms with Crippen molar-refractivity contribution < 1.29 is 23.5 Å². The van der Waals surface area contributed by atoms with Crippen molar-refractivity contribution in [2.45, 2.75) is 25.8 Å². The van der Waals surface area contributed by atoms with Gasteiger partial charge in [-0.3, -0.25) is 9.59 Å². The number of hydrogen-bond acceptors (Lipinski definition) is 5. The summed E-state index contributed by atoms with van der Waals surface area (Å²) in [5.41, 5.74) is 1.17. The molecule has 1 heterocycles. The Morgan fingerprint density at radius 1 is 1.03 bits per heavy atom. The second-order valence-electron chi connectivity index (χ2n) is 7.41. The average Bonchev–Trinajstić information content (AvgIpc) is 2.79. The number of carbonyl (C=O) groups is 2. The van der Waals surface area contributed by atoms with E-state index in [0.717, 1.165) is 11.1 Å². The Hall–Kier alpha value is -3.74. The van der Waals surface area contributed by atoms with Crippen LogP contribution in [0.1, 0.15) is 35.3 Å². The van der Waals surface area contributed by atoms with Crippen LogP contribution in [0.15, 0.2) is 66.9 Å². The first-order valence-electron chi connectivity index (χ1n) is 9.65. The molecule has 160 valence electrons. The number of hydrogen-bond donors (Lipinski definition) is 1. The third-order valence-electron chi connectivity index (χ3n) is 4.87. The SMILES string of the molecule is COC(=O)C(C)(C)c1ccc(CNC(=O)c2cccnc2Oc2ccc(F)cc2)cc1. The summed E-state index contributed by atoms with van der Waals surface area (Å²) in [6, 6.07) is 16.1. The minimum Gasteiger partial charge on any atom is -0.468 e. The molecule has 0 aliphatic heterocycles. The van der Waals surface area contributed by atoms with E-state index in [1.165, 1.54) is 37.6 Å². The number of esters is 1. The Morgan fingerprint density at radius 2 is 1.71 bits per heavy atom. The summed E-state index contributed by atoms with van der Waals surface area (Å²) < 4.78 is 23.6. The largest absolute Gasteiger partial charge is 0.468 e. The molecule has 3 aromatic rings. The lowest BCUT2D eigenvalue weighted by molar-refractivity contribution is -0.146. The summed E-state index contributed by atoms with van der Waals surface area (Å²) in [6.45, 7) is 3.87. The quantitative estimate of drug-likeness (QED) is 0.572. The highest BCUT2D eigenvalue weighted by Crippen LogP contribution is 2.25. The summed E-state index contributed by atoms with van der Waals surface area (Å²) in [6.07, 6.45) is 1.51. The third kappa shape index (κ3) is 5.25. The molecular formula is C24H23FN2O4. The molecule has 1 aromatic heterocycles. The number of ether oxygens (including phenoxy) is 2. The molecule has 1 amide bonds. The number of nitrogens with one attached hydrogen (secondary N) is 1. The van der Waals surface area contributed by atoms with E-state index in [1.54, 1.807) is 26.0 Å². The van der Waals surface area contributed by atoms with E-state index in [-0.39, 0.29) is 35.7 Å². The molecule has 3 rings (SSSR count). The van der Waals surface area contributed by atoms with Gasteiger partial charge < -0.3 is 14.8 Å². The fourth-order valence-corrected chi connectivity index (χ4v) is 2.95. The first-order chi connectivity index (χ1) is 14.8. The van der Waals surface area contributed by atoms with Gasteiger partial charge in [0.15, 0.2) is 0 Å². The molecule has 0 unspecified atom stereocenters. The molecule has 31 heavy (non-hydrogen) atoms. The van der Waals surface area contributed by atoms with Crippen molar-refractivity contribution >= 4 is 11.9 Å². The summed E-state index contributed by atoms with van der Waals surface area (Å²) >= 11 is 0. The number of benzene rings is 2. The van der Waals surface area contributed by atoms with Gasteiger partial charge in [-0.25, -0.2) is 9.37 Å². The molecule has 7 heteroatoms. The normalized spacial score (nSPS) is 11.0. The molecule has 1 N–H and O–H groups in total. The van der Waals surface area contributed by atoms with Crippen molar-refractivity contribution in [3.05, 3.63) is 89.4 Å². The van der Waals surface area contributed by atoms with Crippen LogP contribution in [-0.4, -0.2) is 24.0 Å². The van der Waals surface area contributed by atoms with E-state index < -0.39 is 5.41 Å². The maximum Gasteiger partial charge on any atom is 0.315 e. The monoisotopic (exact) mass is 422 g/mol. The number of carbonyl (C=O) groups excluding carboxylic acids is 2. The Morgan fingerprint density at radius 3 is 2.35 bits per heavy atom. The lowest BCUT2D eigenvalue weighted by Gasteiger charge is -2.22. The van der Waals surface area contributed by atoms with Crippen molar-refractivity contribution in [1.82, 2.24) is 10.3 Å². The van der Waals surface area contributed by atoms with Gasteiger partial charge >= 0.3 is 5.97 Å². The lowest BCUT2D eigenvalue weighted by Crippen LogP contribution is -2.30. The molecule has 6 nitrogen and oxygen atoms in total. The van der Waals surface area contributed by atoms with Crippen molar-refractivity contribution in [2.24, 2.45) is 0 Å². The molecule has 0 radical (unpaired) electrons. The zero-order valence-electron chi connectivity index (χ0n) is 17.5. The number of aromatic nitrogens is 1. The lowest BCUT2D eigenvalue weighted by atomic mass is 9.84. The number of methoxy groups -OCH3 is 1. The topological polar surface area (TPSA) is 77.5 Å². The smallest absolute Gasteiger partial charge is 0.315 e. The van der Waals surface area contributed by atoms with Crippen molar-refractivity contribution in [1.29, 1.82) is 0 Å². The maximum absolute atomic E-state index is 13.1. The minimum absolute atomic E-state index is 0.127. The second kappa shape index (κ2) is 9.38. The van der Waals surface area contributed by atoms with E-state index >= 15 is 0 Å². The van der Waals surface area contributed by atoms with Crippen LogP contribution in [0, 0.1) is 5.82 Å². The first kappa shape index (κ1) is 22.0. The second-order valence-corrected chi connectivity index (χ2v) is 7.41. The zero-order valence-corrected chi connectivity index (χ0v) is 17.5. The molecule has 0 aliphatic carbocycles. The number of pyridine rings is 1. The van der Waals surface area contributed by atoms with Crippen molar-refractivity contribution in [2.75, 3.05) is 7.11 Å². The maximum atomic E-state index is 13.1. The molecule has 0 spiro atoms. The van der Waals surface area contributed by atoms with Gasteiger partial charge in [0.1, 0.15) is 17.1 Å². The molecule has 0 saturated heterocycles. The number of rotatable bonds is 7. The van der Waals surface area contributed by atoms with Crippen molar-refractivity contribution in [3.8, 4) is 11.6 Å². The predicted molar refractivity (Wildman–Crippen MR) is 113 cm³/mol. The highest BCUT2D eigenvalue weighted by Gasteiger charge is 2.30. The molecule has 0 aliphatic rings. The van der Waals surface area contributed by atoms with Crippen LogP contribution in [-0.2, 0) is 21.5 Å². The fraction of sp³-hybridized carbons (Fsp3) is 0.208. The molecule has 0 fully saturated rings. The first-order valence-corrected chi connectivity index (χ1v) is 9.65. The van der Waals surface area contributed by atoms with Gasteiger partial charge in [0, 0.05) is 12.7 Å². The van der Waals surface area contributed by atoms with E-state index in [1.807, 2.05) is 24.3 Å². The summed E-state index contributed by atoms with van der Waals surface area (Å²) in [5.74, 6) is -0.560. The van der Waals surface area contributed by atoms with Crippen LogP contribution in [0.3, 0.4) is 0 Å². The number of amides is 1. The zero-order chi connectivity index (χ0) is 22.4. The van der Waals surface area contributed by atoms with E-state index in [0.29, 0.717) is 5.75 Å². The average molecular weight is 422 g/mol. The van der Waals surface area contributed by atoms with Gasteiger partial charge in [0.2, 0.25) is 5.88 Å². The fourth-order valence-electron chi connectivity index (χ4n) is 2.95. The highest BCUT2D eigenvalue weighted by atomic mass is 19.1. The van der Waals surface area contributed by atoms with Crippen LogP contribution in [0.5, 0.6) is 11.6 Å². The third-order valence-corrected chi connectivity index (χ3v) is 4.87. The standard InChI is InChI=1S/C24H23FN2O4/c1-24(2,23(29)30-3)17-8-6-16(7-9-17)15-27-21(28)20-5-4-14-26-22(20)31-19-12-10-18(25)11-13-19/h4-14H,15H2,1-3H3,(H,27,28). The van der Waals surface area contributed by atoms with Crippen molar-refractivity contribution in [3.63, 3.8) is 0 Å². The number of nitrogens with zero attached hydrogens (tertiary/aromatic N) is 1. The Kier molecular flexibility index (Phi) is 6.65. The minimum atomic E-state index is -0.765. The summed E-state index contributed by atoms with van der Waals surface area (Å²) in [5, 5.41) is 2.83. The molecular weight excluding hydrogens is 399 g/mol. The van der Waals surface area contributed by atoms with Crippen LogP contribution in [0.2, 0.25) is 0 Å². The van der Waals surface area contributed by atoms with Crippen LogP contribution < -0.4 is 10.1 Å². The summed E-state index contributed by atoms with van der Waals surface area (Å²) in [7, 11) is 1.36. The predicted octanol–water partition coefficient (Wildman–Crippen LogP) is 4.39. The van der Waals surface area contributed by atoms with E-state index in [9.17, 15) is 14.0 Å². The van der Waals surface area contributed by atoms with Gasteiger partial charge in [-0.15, -0.1) is 0 Å². The van der Waals surface area contributed by atoms with E-state index in [2.05, 4.69) is 10.3 Å². The van der Waals surface area contributed by atoms with Crippen LogP contribution in [0.25, 0.3) is 0 Å². The molecule has 0 atom stereocenters.